The fourth-order valence-electron chi connectivity index (χ4n) is 2.97. The molecule has 0 aliphatic rings. The molecular weight excluding hydrogens is 368 g/mol. The molecule has 4 aromatic rings. The highest BCUT2D eigenvalue weighted by Crippen LogP contribution is 2.22. The summed E-state index contributed by atoms with van der Waals surface area (Å²) < 4.78 is 3.66. The number of carbonyl (C=O) groups excluding carboxylic acids is 2. The first-order valence-electron chi connectivity index (χ1n) is 9.09. The summed E-state index contributed by atoms with van der Waals surface area (Å²) in [4.78, 5) is 29.4. The Bertz CT molecular complexity index is 1180. The predicted octanol–water partition coefficient (Wildman–Crippen LogP) is 2.00. The molecule has 0 unspecified atom stereocenters. The maximum Gasteiger partial charge on any atom is 0.272 e. The molecule has 8 nitrogen and oxygen atoms in total. The van der Waals surface area contributed by atoms with Crippen LogP contribution in [0.3, 0.4) is 0 Å². The van der Waals surface area contributed by atoms with Gasteiger partial charge in [-0.2, -0.15) is 5.10 Å². The molecule has 0 aliphatic carbocycles. The summed E-state index contributed by atoms with van der Waals surface area (Å²) in [5.74, 6) is 0.232. The quantitative estimate of drug-likeness (QED) is 0.567. The number of rotatable bonds is 5. The van der Waals surface area contributed by atoms with Gasteiger partial charge >= 0.3 is 0 Å². The van der Waals surface area contributed by atoms with Crippen molar-refractivity contribution in [3.05, 3.63) is 72.9 Å². The van der Waals surface area contributed by atoms with Gasteiger partial charge in [0.2, 0.25) is 5.91 Å². The normalized spacial score (nSPS) is 10.8. The second-order valence-corrected chi connectivity index (χ2v) is 6.76. The lowest BCUT2D eigenvalue weighted by Gasteiger charge is -2.10. The summed E-state index contributed by atoms with van der Waals surface area (Å²) in [7, 11) is 3.28. The zero-order chi connectivity index (χ0) is 20.4. The Morgan fingerprint density at radius 1 is 1.00 bits per heavy atom. The van der Waals surface area contributed by atoms with Crippen molar-refractivity contribution < 1.29 is 9.59 Å². The Labute approximate surface area is 167 Å². The molecule has 29 heavy (non-hydrogen) atoms. The van der Waals surface area contributed by atoms with Crippen molar-refractivity contribution >= 4 is 17.3 Å². The number of amides is 2. The molecule has 4 aromatic heterocycles. The number of nitrogens with zero attached hydrogens (tertiary/aromatic N) is 5. The van der Waals surface area contributed by atoms with Gasteiger partial charge in [-0.25, -0.2) is 4.68 Å². The lowest BCUT2D eigenvalue weighted by atomic mass is 10.1. The smallest absolute Gasteiger partial charge is 0.272 e. The van der Waals surface area contributed by atoms with Crippen molar-refractivity contribution in [3.8, 4) is 16.9 Å². The van der Waals surface area contributed by atoms with Crippen LogP contribution in [0.1, 0.15) is 10.5 Å². The highest BCUT2D eigenvalue weighted by atomic mass is 16.2. The highest BCUT2D eigenvalue weighted by molar-refractivity contribution is 5.94. The number of likely N-dealkylation sites (N-methyl/N-ethyl adjacent to an activating group) is 1. The molecule has 0 bridgehead atoms. The van der Waals surface area contributed by atoms with E-state index in [1.54, 1.807) is 43.4 Å². The zero-order valence-corrected chi connectivity index (χ0v) is 16.1. The van der Waals surface area contributed by atoms with Crippen LogP contribution in [0.5, 0.6) is 0 Å². The topological polar surface area (TPSA) is 84.5 Å². The van der Waals surface area contributed by atoms with Crippen LogP contribution < -0.4 is 5.32 Å². The molecule has 0 atom stereocenters. The van der Waals surface area contributed by atoms with Crippen LogP contribution in [-0.4, -0.2) is 56.5 Å². The Morgan fingerprint density at radius 2 is 1.76 bits per heavy atom. The third kappa shape index (κ3) is 3.73. The fourth-order valence-corrected chi connectivity index (χ4v) is 2.97. The monoisotopic (exact) mass is 388 g/mol. The van der Waals surface area contributed by atoms with Gasteiger partial charge in [0.15, 0.2) is 5.69 Å². The number of aromatic nitrogens is 4. The van der Waals surface area contributed by atoms with Gasteiger partial charge in [-0.15, -0.1) is 0 Å². The molecule has 4 rings (SSSR count). The lowest BCUT2D eigenvalue weighted by molar-refractivity contribution is -0.127. The predicted molar refractivity (Wildman–Crippen MR) is 109 cm³/mol. The number of nitrogens with one attached hydrogen (secondary N) is 1. The zero-order valence-electron chi connectivity index (χ0n) is 16.1. The fraction of sp³-hybridized carbons (Fsp3) is 0.143. The summed E-state index contributed by atoms with van der Waals surface area (Å²) in [6.07, 6.45) is 7.27. The average molecular weight is 388 g/mol. The molecule has 0 aliphatic heterocycles. The first-order chi connectivity index (χ1) is 14.0. The molecule has 1 N–H and O–H groups in total. The Balaban J connectivity index is 1.61. The number of carbonyl (C=O) groups is 2. The van der Waals surface area contributed by atoms with Crippen LogP contribution in [0.4, 0.5) is 0 Å². The van der Waals surface area contributed by atoms with E-state index >= 15 is 0 Å². The SMILES string of the molecule is CN(C)C(=O)CNC(=O)c1ccn(-c2ccc3ccc(-c4ccncc4)cn23)n1. The van der Waals surface area contributed by atoms with E-state index < -0.39 is 5.91 Å². The second-order valence-electron chi connectivity index (χ2n) is 6.76. The molecule has 0 saturated heterocycles. The van der Waals surface area contributed by atoms with E-state index in [9.17, 15) is 9.59 Å². The van der Waals surface area contributed by atoms with Crippen molar-refractivity contribution in [3.63, 3.8) is 0 Å². The summed E-state index contributed by atoms with van der Waals surface area (Å²) >= 11 is 0. The third-order valence-corrected chi connectivity index (χ3v) is 4.60. The van der Waals surface area contributed by atoms with E-state index in [-0.39, 0.29) is 18.1 Å². The molecule has 146 valence electrons. The van der Waals surface area contributed by atoms with Crippen LogP contribution in [-0.2, 0) is 4.79 Å². The minimum absolute atomic E-state index is 0.0674. The summed E-state index contributed by atoms with van der Waals surface area (Å²) in [6, 6.07) is 13.5. The number of fused-ring (bicyclic) bond motifs is 1. The van der Waals surface area contributed by atoms with Gasteiger partial charge in [0.25, 0.3) is 5.91 Å². The van der Waals surface area contributed by atoms with Gasteiger partial charge in [-0.1, -0.05) is 6.07 Å². The van der Waals surface area contributed by atoms with Crippen molar-refractivity contribution in [1.82, 2.24) is 29.4 Å². The van der Waals surface area contributed by atoms with Gasteiger partial charge < -0.3 is 14.6 Å². The van der Waals surface area contributed by atoms with Crippen LogP contribution in [0.2, 0.25) is 0 Å². The van der Waals surface area contributed by atoms with Crippen molar-refractivity contribution in [2.45, 2.75) is 0 Å². The first-order valence-corrected chi connectivity index (χ1v) is 9.09. The summed E-state index contributed by atoms with van der Waals surface area (Å²) in [6.45, 7) is -0.0674. The minimum Gasteiger partial charge on any atom is -0.347 e. The molecule has 0 fully saturated rings. The maximum absolute atomic E-state index is 12.3. The average Bonchev–Trinajstić information content (AvgIpc) is 3.38. The van der Waals surface area contributed by atoms with Crippen molar-refractivity contribution in [2.24, 2.45) is 0 Å². The minimum atomic E-state index is -0.391. The standard InChI is InChI=1S/C21H20N6O2/c1-25(2)20(28)13-23-21(29)18-9-12-27(24-18)19-6-5-17-4-3-16(14-26(17)19)15-7-10-22-11-8-15/h3-12,14H,13H2,1-2H3,(H,23,29). The molecular formula is C21H20N6O2. The maximum atomic E-state index is 12.3. The van der Waals surface area contributed by atoms with Gasteiger partial charge in [0.1, 0.15) is 5.82 Å². The van der Waals surface area contributed by atoms with Crippen molar-refractivity contribution in [2.75, 3.05) is 20.6 Å². The Hall–Kier alpha value is -3.94. The molecule has 2 amide bonds. The molecule has 4 heterocycles. The second kappa shape index (κ2) is 7.59. The first kappa shape index (κ1) is 18.4. The van der Waals surface area contributed by atoms with E-state index in [0.29, 0.717) is 0 Å². The van der Waals surface area contributed by atoms with Crippen molar-refractivity contribution in [1.29, 1.82) is 0 Å². The molecule has 0 aromatic carbocycles. The molecule has 0 radical (unpaired) electrons. The third-order valence-electron chi connectivity index (χ3n) is 4.60. The molecule has 0 saturated carbocycles. The summed E-state index contributed by atoms with van der Waals surface area (Å²) in [5.41, 5.74) is 3.37. The van der Waals surface area contributed by atoms with Crippen LogP contribution in [0.25, 0.3) is 22.5 Å². The van der Waals surface area contributed by atoms with Crippen LogP contribution in [0.15, 0.2) is 67.3 Å². The lowest BCUT2D eigenvalue weighted by Crippen LogP contribution is -2.36. The van der Waals surface area contributed by atoms with Crippen LogP contribution >= 0.6 is 0 Å². The van der Waals surface area contributed by atoms with Gasteiger partial charge in [-0.05, 0) is 47.5 Å². The number of hydrogen-bond acceptors (Lipinski definition) is 4. The van der Waals surface area contributed by atoms with E-state index in [4.69, 9.17) is 0 Å². The van der Waals surface area contributed by atoms with E-state index in [0.717, 1.165) is 22.5 Å². The molecule has 0 spiro atoms. The molecule has 8 heteroatoms. The Kier molecular flexibility index (Phi) is 4.82. The van der Waals surface area contributed by atoms with Gasteiger partial charge in [-0.3, -0.25) is 14.6 Å². The van der Waals surface area contributed by atoms with Crippen LogP contribution in [0, 0.1) is 0 Å². The summed E-state index contributed by atoms with van der Waals surface area (Å²) in [5, 5.41) is 6.96. The van der Waals surface area contributed by atoms with E-state index in [2.05, 4.69) is 21.5 Å². The van der Waals surface area contributed by atoms with Gasteiger partial charge in [0, 0.05) is 44.4 Å². The van der Waals surface area contributed by atoms with Gasteiger partial charge in [0.05, 0.1) is 6.54 Å². The Morgan fingerprint density at radius 3 is 2.52 bits per heavy atom. The van der Waals surface area contributed by atoms with E-state index in [1.807, 2.05) is 40.9 Å². The number of hydrogen-bond donors (Lipinski definition) is 1. The largest absolute Gasteiger partial charge is 0.347 e. The number of pyridine rings is 2. The highest BCUT2D eigenvalue weighted by Gasteiger charge is 2.14. The van der Waals surface area contributed by atoms with E-state index in [1.165, 1.54) is 4.90 Å².